The number of carboxylic acids is 1. The van der Waals surface area contributed by atoms with E-state index in [1.54, 1.807) is 24.9 Å². The summed E-state index contributed by atoms with van der Waals surface area (Å²) in [6, 6.07) is 6.57. The average Bonchev–Trinajstić information content (AvgIpc) is 2.52. The second-order valence-electron chi connectivity index (χ2n) is 4.57. The number of thioether (sulfide) groups is 1. The van der Waals surface area contributed by atoms with E-state index in [9.17, 15) is 9.59 Å². The maximum Gasteiger partial charge on any atom is 0.327 e. The number of carbonyl (C=O) groups excluding carboxylic acids is 1. The lowest BCUT2D eigenvalue weighted by atomic mass is 10.2. The van der Waals surface area contributed by atoms with Crippen LogP contribution < -0.4 is 4.74 Å². The summed E-state index contributed by atoms with van der Waals surface area (Å²) < 4.78 is 5.12. The summed E-state index contributed by atoms with van der Waals surface area (Å²) in [5.41, 5.74) is 0.834. The van der Waals surface area contributed by atoms with E-state index in [1.165, 1.54) is 11.0 Å². The molecule has 0 aliphatic carbocycles. The van der Waals surface area contributed by atoms with E-state index in [0.29, 0.717) is 18.0 Å². The predicted octanol–water partition coefficient (Wildman–Crippen LogP) is 1.74. The molecule has 0 aromatic heterocycles. The fourth-order valence-corrected chi connectivity index (χ4v) is 3.12. The largest absolute Gasteiger partial charge is 0.497 e. The van der Waals surface area contributed by atoms with Gasteiger partial charge in [-0.05, 0) is 23.8 Å². The lowest BCUT2D eigenvalue weighted by molar-refractivity contribution is -0.147. The first-order valence-corrected chi connectivity index (χ1v) is 7.70. The molecule has 1 N–H and O–H groups in total. The standard InChI is InChI=1S/C15H17NO4S/c1-20-12-4-2-3-11(9-12)5-6-14(17)16-7-8-21-10-13(16)15(18)19/h2-6,9,13H,7-8,10H2,1H3,(H,18,19)/b6-5+. The van der Waals surface area contributed by atoms with Crippen LogP contribution in [0.25, 0.3) is 6.08 Å². The number of ether oxygens (including phenoxy) is 1. The summed E-state index contributed by atoms with van der Waals surface area (Å²) in [5.74, 6) is 0.689. The van der Waals surface area contributed by atoms with Crippen molar-refractivity contribution in [2.24, 2.45) is 0 Å². The van der Waals surface area contributed by atoms with Gasteiger partial charge in [-0.3, -0.25) is 4.79 Å². The molecule has 1 unspecified atom stereocenters. The van der Waals surface area contributed by atoms with Crippen molar-refractivity contribution >= 4 is 29.7 Å². The zero-order valence-corrected chi connectivity index (χ0v) is 12.5. The molecule has 1 aromatic rings. The Bertz CT molecular complexity index is 558. The zero-order chi connectivity index (χ0) is 15.2. The molecule has 1 aromatic carbocycles. The number of methoxy groups -OCH3 is 1. The molecule has 2 rings (SSSR count). The maximum atomic E-state index is 12.2. The summed E-state index contributed by atoms with van der Waals surface area (Å²) >= 11 is 1.56. The van der Waals surface area contributed by atoms with Gasteiger partial charge in [-0.25, -0.2) is 4.79 Å². The van der Waals surface area contributed by atoms with Crippen LogP contribution in [0.4, 0.5) is 0 Å². The molecular weight excluding hydrogens is 290 g/mol. The number of carbonyl (C=O) groups is 2. The third-order valence-electron chi connectivity index (χ3n) is 3.21. The Kier molecular flexibility index (Phi) is 5.27. The van der Waals surface area contributed by atoms with E-state index in [0.717, 1.165) is 11.3 Å². The number of nitrogens with zero attached hydrogens (tertiary/aromatic N) is 1. The van der Waals surface area contributed by atoms with E-state index in [2.05, 4.69) is 0 Å². The number of amides is 1. The van der Waals surface area contributed by atoms with Crippen LogP contribution in [0, 0.1) is 0 Å². The molecular formula is C15H17NO4S. The van der Waals surface area contributed by atoms with Crippen molar-refractivity contribution in [3.63, 3.8) is 0 Å². The average molecular weight is 307 g/mol. The summed E-state index contributed by atoms with van der Waals surface area (Å²) in [7, 11) is 1.58. The Labute approximate surface area is 127 Å². The number of rotatable bonds is 4. The third-order valence-corrected chi connectivity index (χ3v) is 4.23. The fraction of sp³-hybridized carbons (Fsp3) is 0.333. The molecule has 1 fully saturated rings. The summed E-state index contributed by atoms with van der Waals surface area (Å²) in [4.78, 5) is 24.8. The molecule has 5 nitrogen and oxygen atoms in total. The van der Waals surface area contributed by atoms with Gasteiger partial charge in [0, 0.05) is 24.1 Å². The number of aliphatic carboxylic acids is 1. The Hall–Kier alpha value is -1.95. The van der Waals surface area contributed by atoms with Gasteiger partial charge in [0.1, 0.15) is 11.8 Å². The topological polar surface area (TPSA) is 66.8 Å². The molecule has 0 saturated carbocycles. The van der Waals surface area contributed by atoms with Crippen LogP contribution in [0.1, 0.15) is 5.56 Å². The first-order chi connectivity index (χ1) is 10.1. The Balaban J connectivity index is 2.08. The second kappa shape index (κ2) is 7.17. The van der Waals surface area contributed by atoms with Gasteiger partial charge in [-0.1, -0.05) is 12.1 Å². The minimum Gasteiger partial charge on any atom is -0.497 e. The highest BCUT2D eigenvalue weighted by Crippen LogP contribution is 2.18. The first kappa shape index (κ1) is 15.4. The minimum atomic E-state index is -0.953. The van der Waals surface area contributed by atoms with Crippen molar-refractivity contribution in [1.29, 1.82) is 0 Å². The van der Waals surface area contributed by atoms with Gasteiger partial charge in [-0.2, -0.15) is 11.8 Å². The second-order valence-corrected chi connectivity index (χ2v) is 5.72. The first-order valence-electron chi connectivity index (χ1n) is 6.55. The van der Waals surface area contributed by atoms with Gasteiger partial charge in [0.05, 0.1) is 7.11 Å². The highest BCUT2D eigenvalue weighted by atomic mass is 32.2. The van der Waals surface area contributed by atoms with Gasteiger partial charge < -0.3 is 14.7 Å². The Morgan fingerprint density at radius 1 is 1.48 bits per heavy atom. The van der Waals surface area contributed by atoms with Crippen LogP contribution in [0.3, 0.4) is 0 Å². The summed E-state index contributed by atoms with van der Waals surface area (Å²) in [6.45, 7) is 0.461. The van der Waals surface area contributed by atoms with Crippen molar-refractivity contribution in [3.05, 3.63) is 35.9 Å². The normalized spacial score (nSPS) is 18.7. The predicted molar refractivity (Wildman–Crippen MR) is 82.5 cm³/mol. The van der Waals surface area contributed by atoms with Gasteiger partial charge in [0.25, 0.3) is 0 Å². The third kappa shape index (κ3) is 4.01. The number of hydrogen-bond donors (Lipinski definition) is 1. The number of benzene rings is 1. The van der Waals surface area contributed by atoms with E-state index >= 15 is 0 Å². The van der Waals surface area contributed by atoms with Crippen LogP contribution in [0.2, 0.25) is 0 Å². The lowest BCUT2D eigenvalue weighted by Crippen LogP contribution is -2.49. The zero-order valence-electron chi connectivity index (χ0n) is 11.7. The van der Waals surface area contributed by atoms with Crippen LogP contribution in [-0.4, -0.2) is 53.1 Å². The summed E-state index contributed by atoms with van der Waals surface area (Å²) in [6.07, 6.45) is 3.09. The smallest absolute Gasteiger partial charge is 0.327 e. The van der Waals surface area contributed by atoms with Crippen LogP contribution in [0.5, 0.6) is 5.75 Å². The number of carboxylic acid groups (broad SMARTS) is 1. The van der Waals surface area contributed by atoms with Gasteiger partial charge in [0.15, 0.2) is 0 Å². The number of hydrogen-bond acceptors (Lipinski definition) is 4. The molecule has 0 spiro atoms. The van der Waals surface area contributed by atoms with E-state index in [-0.39, 0.29) is 5.91 Å². The highest BCUT2D eigenvalue weighted by Gasteiger charge is 2.31. The molecule has 1 amide bonds. The molecule has 1 aliphatic heterocycles. The molecule has 0 bridgehead atoms. The van der Waals surface area contributed by atoms with Crippen molar-refractivity contribution < 1.29 is 19.4 Å². The van der Waals surface area contributed by atoms with Crippen molar-refractivity contribution in [2.45, 2.75) is 6.04 Å². The molecule has 6 heteroatoms. The quantitative estimate of drug-likeness (QED) is 0.858. The molecule has 112 valence electrons. The van der Waals surface area contributed by atoms with E-state index in [1.807, 2.05) is 24.3 Å². The minimum absolute atomic E-state index is 0.273. The lowest BCUT2D eigenvalue weighted by Gasteiger charge is -2.31. The SMILES string of the molecule is COc1cccc(/C=C/C(=O)N2CCSCC2C(=O)O)c1. The van der Waals surface area contributed by atoms with Crippen molar-refractivity contribution in [2.75, 3.05) is 25.2 Å². The molecule has 1 atom stereocenters. The highest BCUT2D eigenvalue weighted by molar-refractivity contribution is 7.99. The summed E-state index contributed by atoms with van der Waals surface area (Å²) in [5, 5.41) is 9.16. The van der Waals surface area contributed by atoms with Crippen LogP contribution in [0.15, 0.2) is 30.3 Å². The van der Waals surface area contributed by atoms with E-state index in [4.69, 9.17) is 9.84 Å². The van der Waals surface area contributed by atoms with Gasteiger partial charge in [-0.15, -0.1) is 0 Å². The Morgan fingerprint density at radius 2 is 2.29 bits per heavy atom. The van der Waals surface area contributed by atoms with E-state index < -0.39 is 12.0 Å². The molecule has 1 saturated heterocycles. The van der Waals surface area contributed by atoms with Gasteiger partial charge >= 0.3 is 5.97 Å². The monoisotopic (exact) mass is 307 g/mol. The van der Waals surface area contributed by atoms with Crippen molar-refractivity contribution in [3.8, 4) is 5.75 Å². The van der Waals surface area contributed by atoms with Crippen LogP contribution in [-0.2, 0) is 9.59 Å². The molecule has 0 radical (unpaired) electrons. The molecule has 21 heavy (non-hydrogen) atoms. The van der Waals surface area contributed by atoms with Gasteiger partial charge in [0.2, 0.25) is 5.91 Å². The fourth-order valence-electron chi connectivity index (χ4n) is 2.08. The molecule has 1 heterocycles. The van der Waals surface area contributed by atoms with Crippen molar-refractivity contribution in [1.82, 2.24) is 4.90 Å². The molecule has 1 aliphatic rings. The maximum absolute atomic E-state index is 12.2. The Morgan fingerprint density at radius 3 is 3.00 bits per heavy atom. The van der Waals surface area contributed by atoms with Crippen LogP contribution >= 0.6 is 11.8 Å².